The van der Waals surface area contributed by atoms with Crippen molar-refractivity contribution < 1.29 is 9.53 Å². The largest absolute Gasteiger partial charge is 0.444 e. The van der Waals surface area contributed by atoms with Crippen molar-refractivity contribution in [3.05, 3.63) is 28.2 Å². The van der Waals surface area contributed by atoms with E-state index in [1.165, 1.54) is 5.56 Å². The number of halogens is 1. The molecule has 0 aliphatic carbocycles. The molecule has 0 fully saturated rings. The fourth-order valence-corrected chi connectivity index (χ4v) is 1.97. The van der Waals surface area contributed by atoms with Crippen molar-refractivity contribution in [1.29, 1.82) is 0 Å². The monoisotopic (exact) mass is 327 g/mol. The van der Waals surface area contributed by atoms with E-state index in [0.29, 0.717) is 5.69 Å². The highest BCUT2D eigenvalue weighted by molar-refractivity contribution is 9.10. The summed E-state index contributed by atoms with van der Waals surface area (Å²) < 4.78 is 6.08. The van der Waals surface area contributed by atoms with Crippen LogP contribution in [0.1, 0.15) is 47.1 Å². The smallest absolute Gasteiger partial charge is 0.412 e. The van der Waals surface area contributed by atoms with Gasteiger partial charge in [0.1, 0.15) is 5.60 Å². The van der Waals surface area contributed by atoms with E-state index in [1.54, 1.807) is 0 Å². The molecule has 1 amide bonds. The molecule has 1 rings (SSSR count). The highest BCUT2D eigenvalue weighted by atomic mass is 79.9. The maximum atomic E-state index is 11.7. The van der Waals surface area contributed by atoms with Crippen LogP contribution in [-0.2, 0) is 10.2 Å². The van der Waals surface area contributed by atoms with Gasteiger partial charge in [0.15, 0.2) is 0 Å². The second kappa shape index (κ2) is 5.53. The Morgan fingerprint density at radius 3 is 2.16 bits per heavy atom. The zero-order valence-electron chi connectivity index (χ0n) is 12.4. The van der Waals surface area contributed by atoms with Crippen molar-refractivity contribution in [2.24, 2.45) is 0 Å². The van der Waals surface area contributed by atoms with Gasteiger partial charge in [0.2, 0.25) is 0 Å². The van der Waals surface area contributed by atoms with Gasteiger partial charge < -0.3 is 4.74 Å². The Bertz CT molecular complexity index is 470. The van der Waals surface area contributed by atoms with Crippen molar-refractivity contribution in [2.75, 3.05) is 5.32 Å². The number of benzene rings is 1. The zero-order valence-corrected chi connectivity index (χ0v) is 14.0. The SMILES string of the molecule is CC(C)(C)OC(=O)Nc1ccc(C(C)(C)C)cc1Br. The third-order valence-electron chi connectivity index (χ3n) is 2.47. The second-order valence-corrected chi connectivity index (χ2v) is 7.43. The van der Waals surface area contributed by atoms with E-state index in [0.717, 1.165) is 4.47 Å². The first-order valence-corrected chi connectivity index (χ1v) is 7.08. The molecule has 0 aliphatic heterocycles. The lowest BCUT2D eigenvalue weighted by atomic mass is 9.87. The topological polar surface area (TPSA) is 38.3 Å². The maximum Gasteiger partial charge on any atom is 0.412 e. The van der Waals surface area contributed by atoms with E-state index in [-0.39, 0.29) is 5.41 Å². The van der Waals surface area contributed by atoms with E-state index in [9.17, 15) is 4.79 Å². The number of carbonyl (C=O) groups is 1. The van der Waals surface area contributed by atoms with Gasteiger partial charge in [-0.2, -0.15) is 0 Å². The predicted molar refractivity (Wildman–Crippen MR) is 82.7 cm³/mol. The van der Waals surface area contributed by atoms with Gasteiger partial charge >= 0.3 is 6.09 Å². The minimum atomic E-state index is -0.498. The van der Waals surface area contributed by atoms with E-state index < -0.39 is 11.7 Å². The molecule has 0 aromatic heterocycles. The molecule has 0 spiro atoms. The minimum absolute atomic E-state index is 0.0764. The molecule has 0 aliphatic rings. The molecule has 1 aromatic carbocycles. The number of rotatable bonds is 1. The molecule has 1 N–H and O–H groups in total. The third-order valence-corrected chi connectivity index (χ3v) is 3.13. The molecule has 0 bridgehead atoms. The summed E-state index contributed by atoms with van der Waals surface area (Å²) in [7, 11) is 0. The fraction of sp³-hybridized carbons (Fsp3) is 0.533. The van der Waals surface area contributed by atoms with Crippen LogP contribution in [0.15, 0.2) is 22.7 Å². The molecule has 3 nitrogen and oxygen atoms in total. The van der Waals surface area contributed by atoms with Gasteiger partial charge in [-0.3, -0.25) is 5.32 Å². The molecule has 19 heavy (non-hydrogen) atoms. The van der Waals surface area contributed by atoms with Crippen LogP contribution in [0.2, 0.25) is 0 Å². The van der Waals surface area contributed by atoms with Gasteiger partial charge in [-0.15, -0.1) is 0 Å². The zero-order chi connectivity index (χ0) is 14.8. The first-order valence-electron chi connectivity index (χ1n) is 6.29. The second-order valence-electron chi connectivity index (χ2n) is 6.57. The third kappa shape index (κ3) is 5.23. The number of hydrogen-bond donors (Lipinski definition) is 1. The predicted octanol–water partition coefficient (Wildman–Crippen LogP) is 5.09. The highest BCUT2D eigenvalue weighted by Gasteiger charge is 2.18. The van der Waals surface area contributed by atoms with Crippen molar-refractivity contribution in [2.45, 2.75) is 52.6 Å². The minimum Gasteiger partial charge on any atom is -0.444 e. The molecule has 106 valence electrons. The van der Waals surface area contributed by atoms with Gasteiger partial charge in [-0.25, -0.2) is 4.79 Å². The number of nitrogens with one attached hydrogen (secondary N) is 1. The van der Waals surface area contributed by atoms with Gasteiger partial charge in [0.05, 0.1) is 5.69 Å². The van der Waals surface area contributed by atoms with Crippen LogP contribution in [-0.4, -0.2) is 11.7 Å². The first kappa shape index (κ1) is 16.0. The fourth-order valence-electron chi connectivity index (χ4n) is 1.50. The van der Waals surface area contributed by atoms with Crippen LogP contribution in [0.25, 0.3) is 0 Å². The average Bonchev–Trinajstić information content (AvgIpc) is 2.16. The lowest BCUT2D eigenvalue weighted by Crippen LogP contribution is -2.27. The molecule has 0 radical (unpaired) electrons. The maximum absolute atomic E-state index is 11.7. The van der Waals surface area contributed by atoms with E-state index in [2.05, 4.69) is 42.0 Å². The summed E-state index contributed by atoms with van der Waals surface area (Å²) in [6.45, 7) is 12.0. The Kier molecular flexibility index (Phi) is 4.67. The van der Waals surface area contributed by atoms with Crippen LogP contribution in [0.3, 0.4) is 0 Å². The summed E-state index contributed by atoms with van der Waals surface area (Å²) in [5.41, 5.74) is 1.49. The van der Waals surface area contributed by atoms with Gasteiger partial charge in [0.25, 0.3) is 0 Å². The number of carbonyl (C=O) groups excluding carboxylic acids is 1. The summed E-state index contributed by atoms with van der Waals surface area (Å²) in [6, 6.07) is 5.92. The normalized spacial score (nSPS) is 12.2. The van der Waals surface area contributed by atoms with E-state index in [1.807, 2.05) is 39.0 Å². The Morgan fingerprint density at radius 1 is 1.16 bits per heavy atom. The Hall–Kier alpha value is -1.03. The molecule has 0 heterocycles. The van der Waals surface area contributed by atoms with E-state index in [4.69, 9.17) is 4.74 Å². The summed E-state index contributed by atoms with van der Waals surface area (Å²) in [5.74, 6) is 0. The number of ether oxygens (including phenoxy) is 1. The van der Waals surface area contributed by atoms with Gasteiger partial charge in [0, 0.05) is 4.47 Å². The molecule has 0 saturated carbocycles. The van der Waals surface area contributed by atoms with E-state index >= 15 is 0 Å². The van der Waals surface area contributed by atoms with Crippen molar-refractivity contribution in [3.63, 3.8) is 0 Å². The van der Waals surface area contributed by atoms with Crippen molar-refractivity contribution in [1.82, 2.24) is 0 Å². The Balaban J connectivity index is 2.84. The van der Waals surface area contributed by atoms with Gasteiger partial charge in [-0.05, 0) is 59.8 Å². The summed E-state index contributed by atoms with van der Waals surface area (Å²) in [5, 5.41) is 2.74. The molecule has 0 saturated heterocycles. The summed E-state index contributed by atoms with van der Waals surface area (Å²) in [4.78, 5) is 11.7. The first-order chi connectivity index (χ1) is 8.49. The molecular formula is C15H22BrNO2. The van der Waals surface area contributed by atoms with Crippen LogP contribution in [0.4, 0.5) is 10.5 Å². The Labute approximate surface area is 123 Å². The van der Waals surface area contributed by atoms with Gasteiger partial charge in [-0.1, -0.05) is 26.8 Å². The lowest BCUT2D eigenvalue weighted by Gasteiger charge is -2.22. The summed E-state index contributed by atoms with van der Waals surface area (Å²) in [6.07, 6.45) is -0.447. The van der Waals surface area contributed by atoms with Crippen LogP contribution in [0.5, 0.6) is 0 Å². The molecule has 0 unspecified atom stereocenters. The van der Waals surface area contributed by atoms with Crippen LogP contribution in [0, 0.1) is 0 Å². The van der Waals surface area contributed by atoms with Crippen molar-refractivity contribution in [3.8, 4) is 0 Å². The lowest BCUT2D eigenvalue weighted by molar-refractivity contribution is 0.0636. The van der Waals surface area contributed by atoms with Crippen LogP contribution >= 0.6 is 15.9 Å². The molecular weight excluding hydrogens is 306 g/mol. The summed E-state index contributed by atoms with van der Waals surface area (Å²) >= 11 is 3.48. The number of anilines is 1. The average molecular weight is 328 g/mol. The molecule has 0 atom stereocenters. The van der Waals surface area contributed by atoms with Crippen molar-refractivity contribution >= 4 is 27.7 Å². The number of hydrogen-bond acceptors (Lipinski definition) is 2. The Morgan fingerprint density at radius 2 is 1.74 bits per heavy atom. The quantitative estimate of drug-likeness (QED) is 0.779. The standard InChI is InChI=1S/C15H22BrNO2/c1-14(2,3)10-7-8-12(11(16)9-10)17-13(18)19-15(4,5)6/h7-9H,1-6H3,(H,17,18). The highest BCUT2D eigenvalue weighted by Crippen LogP contribution is 2.30. The number of amides is 1. The molecule has 4 heteroatoms. The molecule has 1 aromatic rings. The van der Waals surface area contributed by atoms with Crippen LogP contribution < -0.4 is 5.32 Å².